The summed E-state index contributed by atoms with van der Waals surface area (Å²) < 4.78 is 0. The van der Waals surface area contributed by atoms with Crippen molar-refractivity contribution in [3.63, 3.8) is 0 Å². The molecule has 0 unspecified atom stereocenters. The Morgan fingerprint density at radius 1 is 0.786 bits per heavy atom. The molecule has 0 radical (unpaired) electrons. The predicted octanol–water partition coefficient (Wildman–Crippen LogP) is 5.03. The molecule has 0 aromatic carbocycles. The molecule has 14 heavy (non-hydrogen) atoms. The van der Waals surface area contributed by atoms with E-state index in [0.717, 1.165) is 6.71 Å². The summed E-state index contributed by atoms with van der Waals surface area (Å²) in [5.41, 5.74) is 0. The fraction of sp³-hybridized carbons (Fsp3) is 1.00. The van der Waals surface area contributed by atoms with Gasteiger partial charge in [0.1, 0.15) is 6.71 Å². The van der Waals surface area contributed by atoms with Crippen molar-refractivity contribution in [2.75, 3.05) is 0 Å². The minimum Gasteiger partial charge on any atom is -0.0742 e. The maximum Gasteiger partial charge on any atom is 0.139 e. The molecular formula is C13H27B. The van der Waals surface area contributed by atoms with Gasteiger partial charge in [-0.3, -0.25) is 0 Å². The second-order valence-corrected chi connectivity index (χ2v) is 5.06. The quantitative estimate of drug-likeness (QED) is 0.375. The average molecular weight is 194 g/mol. The molecule has 0 amide bonds. The maximum absolute atomic E-state index is 2.29. The summed E-state index contributed by atoms with van der Waals surface area (Å²) in [7, 11) is 0. The third kappa shape index (κ3) is 5.72. The van der Waals surface area contributed by atoms with Crippen LogP contribution < -0.4 is 0 Å². The van der Waals surface area contributed by atoms with E-state index in [1.54, 1.807) is 0 Å². The average Bonchev–Trinajstić information content (AvgIpc) is 2.69. The Balaban J connectivity index is 1.75. The SMILES string of the molecule is CCCCCCCCCB1CCCC1. The zero-order chi connectivity index (χ0) is 10.1. The van der Waals surface area contributed by atoms with Crippen LogP contribution in [-0.4, -0.2) is 6.71 Å². The van der Waals surface area contributed by atoms with Crippen LogP contribution in [0.2, 0.25) is 19.0 Å². The molecule has 0 atom stereocenters. The van der Waals surface area contributed by atoms with Gasteiger partial charge in [-0.15, -0.1) is 0 Å². The van der Waals surface area contributed by atoms with Crippen LogP contribution in [0.15, 0.2) is 0 Å². The van der Waals surface area contributed by atoms with Gasteiger partial charge in [-0.1, -0.05) is 83.7 Å². The Morgan fingerprint density at radius 2 is 1.36 bits per heavy atom. The normalized spacial score (nSPS) is 16.5. The van der Waals surface area contributed by atoms with Gasteiger partial charge in [0.2, 0.25) is 0 Å². The monoisotopic (exact) mass is 194 g/mol. The van der Waals surface area contributed by atoms with Crippen LogP contribution in [0.4, 0.5) is 0 Å². The molecule has 1 aliphatic rings. The van der Waals surface area contributed by atoms with E-state index in [1.807, 2.05) is 0 Å². The minimum absolute atomic E-state index is 1.12. The molecule has 82 valence electrons. The highest BCUT2D eigenvalue weighted by Crippen LogP contribution is 2.24. The largest absolute Gasteiger partial charge is 0.139 e. The van der Waals surface area contributed by atoms with E-state index in [1.165, 1.54) is 76.7 Å². The summed E-state index contributed by atoms with van der Waals surface area (Å²) in [5.74, 6) is 0. The number of unbranched alkanes of at least 4 members (excludes halogenated alkanes) is 6. The topological polar surface area (TPSA) is 0 Å². The van der Waals surface area contributed by atoms with E-state index >= 15 is 0 Å². The fourth-order valence-electron chi connectivity index (χ4n) is 2.69. The molecule has 1 rings (SSSR count). The predicted molar refractivity (Wildman–Crippen MR) is 67.4 cm³/mol. The van der Waals surface area contributed by atoms with Gasteiger partial charge in [0.25, 0.3) is 0 Å². The van der Waals surface area contributed by atoms with Gasteiger partial charge >= 0.3 is 0 Å². The van der Waals surface area contributed by atoms with E-state index in [-0.39, 0.29) is 0 Å². The van der Waals surface area contributed by atoms with Crippen molar-refractivity contribution < 1.29 is 0 Å². The smallest absolute Gasteiger partial charge is 0.0742 e. The minimum atomic E-state index is 1.12. The maximum atomic E-state index is 2.29. The molecule has 1 aliphatic heterocycles. The first-order valence-electron chi connectivity index (χ1n) is 6.93. The van der Waals surface area contributed by atoms with Gasteiger partial charge in [0.15, 0.2) is 0 Å². The van der Waals surface area contributed by atoms with Gasteiger partial charge in [0, 0.05) is 0 Å². The van der Waals surface area contributed by atoms with Crippen LogP contribution in [0.3, 0.4) is 0 Å². The van der Waals surface area contributed by atoms with Crippen molar-refractivity contribution in [1.82, 2.24) is 0 Å². The summed E-state index contributed by atoms with van der Waals surface area (Å²) >= 11 is 0. The Bertz CT molecular complexity index is 116. The second-order valence-electron chi connectivity index (χ2n) is 5.06. The zero-order valence-corrected chi connectivity index (χ0v) is 10.1. The molecule has 1 fully saturated rings. The molecule has 1 saturated heterocycles. The Kier molecular flexibility index (Phi) is 7.26. The molecule has 0 N–H and O–H groups in total. The summed E-state index contributed by atoms with van der Waals surface area (Å²) in [6, 6.07) is 0. The molecule has 1 heterocycles. The number of hydrogen-bond acceptors (Lipinski definition) is 0. The number of rotatable bonds is 8. The zero-order valence-electron chi connectivity index (χ0n) is 10.1. The van der Waals surface area contributed by atoms with Crippen LogP contribution in [0, 0.1) is 0 Å². The van der Waals surface area contributed by atoms with Crippen molar-refractivity contribution in [3.05, 3.63) is 0 Å². The van der Waals surface area contributed by atoms with Crippen molar-refractivity contribution >= 4 is 6.71 Å². The van der Waals surface area contributed by atoms with Gasteiger partial charge in [-0.05, 0) is 0 Å². The van der Waals surface area contributed by atoms with Crippen molar-refractivity contribution in [2.45, 2.75) is 83.7 Å². The van der Waals surface area contributed by atoms with E-state index in [9.17, 15) is 0 Å². The van der Waals surface area contributed by atoms with Crippen molar-refractivity contribution in [1.29, 1.82) is 0 Å². The first-order valence-corrected chi connectivity index (χ1v) is 6.93. The van der Waals surface area contributed by atoms with Crippen molar-refractivity contribution in [2.24, 2.45) is 0 Å². The fourth-order valence-corrected chi connectivity index (χ4v) is 2.69. The molecule has 1 heteroatoms. The Hall–Kier alpha value is 0.0649. The lowest BCUT2D eigenvalue weighted by Crippen LogP contribution is -2.04. The third-order valence-corrected chi connectivity index (χ3v) is 3.69. The molecule has 0 aromatic heterocycles. The highest BCUT2D eigenvalue weighted by Gasteiger charge is 2.17. The van der Waals surface area contributed by atoms with Crippen LogP contribution >= 0.6 is 0 Å². The lowest BCUT2D eigenvalue weighted by molar-refractivity contribution is 0.601. The lowest BCUT2D eigenvalue weighted by atomic mass is 9.45. The third-order valence-electron chi connectivity index (χ3n) is 3.69. The van der Waals surface area contributed by atoms with Crippen LogP contribution in [0.25, 0.3) is 0 Å². The number of hydrogen-bond donors (Lipinski definition) is 0. The lowest BCUT2D eigenvalue weighted by Gasteiger charge is -2.04. The standard InChI is InChI=1S/C13H27B/c1-2-3-4-5-6-7-8-11-14-12-9-10-13-14/h2-13H2,1H3. The molecular weight excluding hydrogens is 167 g/mol. The van der Waals surface area contributed by atoms with Crippen LogP contribution in [-0.2, 0) is 0 Å². The Labute approximate surface area is 90.9 Å². The summed E-state index contributed by atoms with van der Waals surface area (Å²) in [5, 5.41) is 0. The Morgan fingerprint density at radius 3 is 2.00 bits per heavy atom. The van der Waals surface area contributed by atoms with E-state index < -0.39 is 0 Å². The van der Waals surface area contributed by atoms with Gasteiger partial charge in [-0.2, -0.15) is 0 Å². The second kappa shape index (κ2) is 8.38. The van der Waals surface area contributed by atoms with Gasteiger partial charge in [0.05, 0.1) is 0 Å². The van der Waals surface area contributed by atoms with Crippen LogP contribution in [0.1, 0.15) is 64.7 Å². The molecule has 0 bridgehead atoms. The summed E-state index contributed by atoms with van der Waals surface area (Å²) in [6.45, 7) is 3.41. The first-order chi connectivity index (χ1) is 6.93. The van der Waals surface area contributed by atoms with E-state index in [0.29, 0.717) is 0 Å². The van der Waals surface area contributed by atoms with E-state index in [2.05, 4.69) is 6.92 Å². The van der Waals surface area contributed by atoms with Crippen molar-refractivity contribution in [3.8, 4) is 0 Å². The molecule has 0 nitrogen and oxygen atoms in total. The molecule has 0 aliphatic carbocycles. The molecule has 0 spiro atoms. The highest BCUT2D eigenvalue weighted by atomic mass is 14.0. The summed E-state index contributed by atoms with van der Waals surface area (Å²) in [6.07, 6.45) is 17.9. The molecule has 0 aromatic rings. The van der Waals surface area contributed by atoms with E-state index in [4.69, 9.17) is 0 Å². The highest BCUT2D eigenvalue weighted by molar-refractivity contribution is 6.59. The van der Waals surface area contributed by atoms with Gasteiger partial charge in [-0.25, -0.2) is 0 Å². The first kappa shape index (κ1) is 12.1. The van der Waals surface area contributed by atoms with Gasteiger partial charge < -0.3 is 0 Å². The molecule has 0 saturated carbocycles. The van der Waals surface area contributed by atoms with Crippen LogP contribution in [0.5, 0.6) is 0 Å². The summed E-state index contributed by atoms with van der Waals surface area (Å²) in [4.78, 5) is 0.